The van der Waals surface area contributed by atoms with Gasteiger partial charge in [0.05, 0.1) is 45.3 Å². The maximum atomic E-state index is 14.0. The second-order valence-corrected chi connectivity index (χ2v) is 9.92. The maximum absolute atomic E-state index is 14.0. The van der Waals surface area contributed by atoms with E-state index < -0.39 is 0 Å². The molecule has 2 aromatic carbocycles. The number of nitrogen functional groups attached to an aromatic ring is 1. The molecule has 1 aliphatic heterocycles. The third kappa shape index (κ3) is 3.24. The van der Waals surface area contributed by atoms with Gasteiger partial charge in [-0.1, -0.05) is 13.0 Å². The van der Waals surface area contributed by atoms with Gasteiger partial charge in [0.15, 0.2) is 0 Å². The standard InChI is InChI=1S/C25H24N6OS/c1-14-3-5-20(16-4-6-23-19(8-16)28-13-33-23)30(11-14)25(32)17-9-21-18(7-15(17)2)29-24(26)22-10-27-12-31(21)22/h4,6-10,12-14,20H,3,5,11H2,1-2H3,(H2,26,29)/t14-,20+/m0/s1. The Balaban J connectivity index is 1.45. The van der Waals surface area contributed by atoms with Crippen LogP contribution in [0.3, 0.4) is 0 Å². The highest BCUT2D eigenvalue weighted by molar-refractivity contribution is 7.16. The molecule has 6 rings (SSSR count). The molecule has 2 N–H and O–H groups in total. The largest absolute Gasteiger partial charge is 0.382 e. The minimum absolute atomic E-state index is 0.0349. The molecule has 2 atom stereocenters. The minimum Gasteiger partial charge on any atom is -0.382 e. The van der Waals surface area contributed by atoms with Crippen molar-refractivity contribution in [3.05, 3.63) is 65.1 Å². The lowest BCUT2D eigenvalue weighted by Gasteiger charge is -2.39. The van der Waals surface area contributed by atoms with E-state index in [1.165, 1.54) is 4.70 Å². The van der Waals surface area contributed by atoms with Crippen LogP contribution in [0.15, 0.2) is 48.4 Å². The van der Waals surface area contributed by atoms with Crippen LogP contribution in [0.25, 0.3) is 26.8 Å². The van der Waals surface area contributed by atoms with E-state index in [9.17, 15) is 4.79 Å². The summed E-state index contributed by atoms with van der Waals surface area (Å²) in [5.74, 6) is 0.936. The summed E-state index contributed by atoms with van der Waals surface area (Å²) in [6.07, 6.45) is 5.45. The van der Waals surface area contributed by atoms with Gasteiger partial charge in [-0.3, -0.25) is 9.20 Å². The van der Waals surface area contributed by atoms with Crippen LogP contribution in [0.2, 0.25) is 0 Å². The Kier molecular flexibility index (Phi) is 4.58. The molecule has 0 saturated carbocycles. The van der Waals surface area contributed by atoms with Crippen LogP contribution < -0.4 is 5.73 Å². The van der Waals surface area contributed by atoms with E-state index in [1.54, 1.807) is 23.9 Å². The summed E-state index contributed by atoms with van der Waals surface area (Å²) in [6.45, 7) is 4.91. The van der Waals surface area contributed by atoms with Crippen molar-refractivity contribution in [3.8, 4) is 0 Å². The Labute approximate surface area is 194 Å². The van der Waals surface area contributed by atoms with Gasteiger partial charge in [0.1, 0.15) is 11.3 Å². The van der Waals surface area contributed by atoms with E-state index in [0.717, 1.165) is 52.6 Å². The number of anilines is 1. The summed E-state index contributed by atoms with van der Waals surface area (Å²) in [5, 5.41) is 0. The highest BCUT2D eigenvalue weighted by Crippen LogP contribution is 2.36. The number of nitrogens with zero attached hydrogens (tertiary/aromatic N) is 5. The number of amides is 1. The number of rotatable bonds is 2. The van der Waals surface area contributed by atoms with Crippen LogP contribution in [0, 0.1) is 12.8 Å². The van der Waals surface area contributed by atoms with Crippen molar-refractivity contribution in [2.24, 2.45) is 5.92 Å². The number of carbonyl (C=O) groups excluding carboxylic acids is 1. The van der Waals surface area contributed by atoms with E-state index in [0.29, 0.717) is 17.3 Å². The number of likely N-dealkylation sites (tertiary alicyclic amines) is 1. The fourth-order valence-corrected chi connectivity index (χ4v) is 5.68. The molecule has 4 heterocycles. The van der Waals surface area contributed by atoms with Gasteiger partial charge in [-0.2, -0.15) is 0 Å². The second-order valence-electron chi connectivity index (χ2n) is 9.04. The molecule has 0 spiro atoms. The zero-order chi connectivity index (χ0) is 22.7. The SMILES string of the molecule is Cc1cc2nc(N)c3cncn3c2cc1C(=O)N1C[C@@H](C)CC[C@@H]1c1ccc2scnc2c1. The van der Waals surface area contributed by atoms with Crippen molar-refractivity contribution in [2.75, 3.05) is 12.3 Å². The summed E-state index contributed by atoms with van der Waals surface area (Å²) in [5.41, 5.74) is 14.0. The zero-order valence-corrected chi connectivity index (χ0v) is 19.3. The van der Waals surface area contributed by atoms with Crippen molar-refractivity contribution in [2.45, 2.75) is 32.7 Å². The summed E-state index contributed by atoms with van der Waals surface area (Å²) < 4.78 is 3.07. The van der Waals surface area contributed by atoms with E-state index >= 15 is 0 Å². The van der Waals surface area contributed by atoms with E-state index in [4.69, 9.17) is 5.73 Å². The Morgan fingerprint density at radius 2 is 2.03 bits per heavy atom. The van der Waals surface area contributed by atoms with Gasteiger partial charge in [0.25, 0.3) is 5.91 Å². The van der Waals surface area contributed by atoms with Crippen LogP contribution in [0.5, 0.6) is 0 Å². The predicted octanol–water partition coefficient (Wildman–Crippen LogP) is 5.00. The lowest BCUT2D eigenvalue weighted by atomic mass is 9.89. The third-order valence-electron chi connectivity index (χ3n) is 6.77. The monoisotopic (exact) mass is 456 g/mol. The predicted molar refractivity (Wildman–Crippen MR) is 131 cm³/mol. The molecule has 5 aromatic rings. The number of fused-ring (bicyclic) bond motifs is 4. The van der Waals surface area contributed by atoms with Crippen molar-refractivity contribution in [3.63, 3.8) is 0 Å². The molecule has 0 bridgehead atoms. The van der Waals surface area contributed by atoms with Gasteiger partial charge < -0.3 is 10.6 Å². The average Bonchev–Trinajstić information content (AvgIpc) is 3.48. The Bertz CT molecular complexity index is 1540. The summed E-state index contributed by atoms with van der Waals surface area (Å²) in [4.78, 5) is 29.3. The number of carbonyl (C=O) groups is 1. The number of hydrogen-bond donors (Lipinski definition) is 1. The van der Waals surface area contributed by atoms with Crippen LogP contribution >= 0.6 is 11.3 Å². The Morgan fingerprint density at radius 1 is 1.15 bits per heavy atom. The lowest BCUT2D eigenvalue weighted by Crippen LogP contribution is -2.41. The van der Waals surface area contributed by atoms with Gasteiger partial charge in [-0.15, -0.1) is 11.3 Å². The first-order valence-electron chi connectivity index (χ1n) is 11.2. The highest BCUT2D eigenvalue weighted by Gasteiger charge is 2.32. The van der Waals surface area contributed by atoms with E-state index in [1.807, 2.05) is 33.9 Å². The molecule has 8 heteroatoms. The molecule has 1 saturated heterocycles. The molecule has 0 aliphatic carbocycles. The van der Waals surface area contributed by atoms with Crippen molar-refractivity contribution < 1.29 is 4.79 Å². The average molecular weight is 457 g/mol. The molecule has 1 amide bonds. The van der Waals surface area contributed by atoms with Gasteiger partial charge in [0.2, 0.25) is 0 Å². The summed E-state index contributed by atoms with van der Waals surface area (Å²) >= 11 is 1.64. The second kappa shape index (κ2) is 7.52. The fraction of sp³-hybridized carbons (Fsp3) is 0.280. The molecule has 3 aromatic heterocycles. The maximum Gasteiger partial charge on any atom is 0.254 e. The Hall–Kier alpha value is -3.52. The Morgan fingerprint density at radius 3 is 2.91 bits per heavy atom. The molecule has 1 aliphatic rings. The van der Waals surface area contributed by atoms with Crippen LogP contribution in [0.1, 0.15) is 47.3 Å². The quantitative estimate of drug-likeness (QED) is 0.404. The molecular formula is C25H24N6OS. The van der Waals surface area contributed by atoms with E-state index in [-0.39, 0.29) is 11.9 Å². The summed E-state index contributed by atoms with van der Waals surface area (Å²) in [6, 6.07) is 10.3. The molecule has 0 radical (unpaired) electrons. The third-order valence-corrected chi connectivity index (χ3v) is 7.58. The summed E-state index contributed by atoms with van der Waals surface area (Å²) in [7, 11) is 0. The minimum atomic E-state index is 0.0349. The smallest absolute Gasteiger partial charge is 0.254 e. The molecule has 0 unspecified atom stereocenters. The molecule has 1 fully saturated rings. The number of nitrogens with two attached hydrogens (primary N) is 1. The van der Waals surface area contributed by atoms with Gasteiger partial charge >= 0.3 is 0 Å². The molecule has 7 nitrogen and oxygen atoms in total. The molecular weight excluding hydrogens is 432 g/mol. The van der Waals surface area contributed by atoms with Crippen LogP contribution in [-0.2, 0) is 0 Å². The normalized spacial score (nSPS) is 19.0. The first kappa shape index (κ1) is 20.1. The van der Waals surface area contributed by atoms with Gasteiger partial charge in [-0.25, -0.2) is 15.0 Å². The van der Waals surface area contributed by atoms with Gasteiger partial charge in [-0.05, 0) is 61.1 Å². The number of piperidine rings is 1. The number of aryl methyl sites for hydroxylation is 1. The highest BCUT2D eigenvalue weighted by atomic mass is 32.1. The first-order chi connectivity index (χ1) is 16.0. The van der Waals surface area contributed by atoms with Crippen LogP contribution in [-0.4, -0.2) is 36.7 Å². The van der Waals surface area contributed by atoms with Crippen molar-refractivity contribution in [1.29, 1.82) is 0 Å². The van der Waals surface area contributed by atoms with Crippen molar-refractivity contribution in [1.82, 2.24) is 24.3 Å². The molecule has 166 valence electrons. The number of benzene rings is 2. The fourth-order valence-electron chi connectivity index (χ4n) is 5.02. The van der Waals surface area contributed by atoms with Gasteiger partial charge in [0, 0.05) is 12.1 Å². The van der Waals surface area contributed by atoms with Crippen molar-refractivity contribution >= 4 is 49.8 Å². The molecule has 33 heavy (non-hydrogen) atoms. The van der Waals surface area contributed by atoms with E-state index in [2.05, 4.69) is 40.1 Å². The number of hydrogen-bond acceptors (Lipinski definition) is 6. The number of thiazole rings is 1. The number of aromatic nitrogens is 4. The lowest BCUT2D eigenvalue weighted by molar-refractivity contribution is 0.0544. The van der Waals surface area contributed by atoms with Crippen LogP contribution in [0.4, 0.5) is 5.82 Å². The number of imidazole rings is 1. The first-order valence-corrected chi connectivity index (χ1v) is 12.0. The topological polar surface area (TPSA) is 89.4 Å². The zero-order valence-electron chi connectivity index (χ0n) is 18.5.